The topological polar surface area (TPSA) is 57.8 Å². The Morgan fingerprint density at radius 3 is 2.87 bits per heavy atom. The number of aromatic nitrogens is 2. The summed E-state index contributed by atoms with van der Waals surface area (Å²) in [4.78, 5) is 17.6. The molecule has 0 spiro atoms. The molecule has 1 rings (SSSR count). The minimum absolute atomic E-state index is 0.115. The molecule has 0 amide bonds. The van der Waals surface area contributed by atoms with E-state index in [-0.39, 0.29) is 16.0 Å². The molecule has 5 heteroatoms. The first-order chi connectivity index (χ1) is 6.96. The Hall–Kier alpha value is -1.03. The molecule has 0 aliphatic rings. The Balaban J connectivity index is 2.74. The van der Waals surface area contributed by atoms with E-state index in [4.69, 9.17) is 11.6 Å². The van der Waals surface area contributed by atoms with Gasteiger partial charge in [0.1, 0.15) is 5.02 Å². The summed E-state index contributed by atoms with van der Waals surface area (Å²) in [6, 6.07) is 0. The van der Waals surface area contributed by atoms with Crippen molar-refractivity contribution in [1.29, 1.82) is 0 Å². The van der Waals surface area contributed by atoms with Crippen molar-refractivity contribution in [2.75, 3.05) is 11.9 Å². The van der Waals surface area contributed by atoms with Crippen LogP contribution in [0.5, 0.6) is 0 Å². The highest BCUT2D eigenvalue weighted by atomic mass is 35.5. The van der Waals surface area contributed by atoms with Gasteiger partial charge in [-0.05, 0) is 11.8 Å². The molecule has 84 valence electrons. The summed E-state index contributed by atoms with van der Waals surface area (Å²) >= 11 is 5.80. The molecule has 0 fully saturated rings. The van der Waals surface area contributed by atoms with Gasteiger partial charge in [0.2, 0.25) is 0 Å². The molecule has 1 aromatic heterocycles. The van der Waals surface area contributed by atoms with Gasteiger partial charge in [0, 0.05) is 6.54 Å². The number of halogens is 1. The van der Waals surface area contributed by atoms with Crippen LogP contribution in [0, 0.1) is 5.41 Å². The molecule has 2 N–H and O–H groups in total. The summed E-state index contributed by atoms with van der Waals surface area (Å²) in [6.07, 6.45) is 2.39. The van der Waals surface area contributed by atoms with E-state index in [1.54, 1.807) is 0 Å². The van der Waals surface area contributed by atoms with E-state index in [0.29, 0.717) is 5.82 Å². The highest BCUT2D eigenvalue weighted by Crippen LogP contribution is 2.21. The van der Waals surface area contributed by atoms with Gasteiger partial charge in [0.05, 0.1) is 6.33 Å². The fraction of sp³-hybridized carbons (Fsp3) is 0.600. The molecular weight excluding hydrogens is 214 g/mol. The monoisotopic (exact) mass is 229 g/mol. The Bertz CT molecular complexity index is 386. The summed E-state index contributed by atoms with van der Waals surface area (Å²) in [5.74, 6) is 0.446. The lowest BCUT2D eigenvalue weighted by atomic mass is 9.90. The lowest BCUT2D eigenvalue weighted by molar-refractivity contribution is 0.376. The molecule has 0 aromatic carbocycles. The number of nitrogens with one attached hydrogen (secondary N) is 2. The van der Waals surface area contributed by atoms with E-state index in [1.165, 1.54) is 6.33 Å². The van der Waals surface area contributed by atoms with Gasteiger partial charge in [-0.3, -0.25) is 4.79 Å². The Morgan fingerprint density at radius 1 is 1.60 bits per heavy atom. The van der Waals surface area contributed by atoms with Crippen LogP contribution in [0.1, 0.15) is 27.2 Å². The van der Waals surface area contributed by atoms with Gasteiger partial charge in [0.15, 0.2) is 5.82 Å². The molecule has 0 saturated heterocycles. The molecule has 0 atom stereocenters. The zero-order valence-corrected chi connectivity index (χ0v) is 9.98. The predicted octanol–water partition coefficient (Wildman–Crippen LogP) is 2.27. The Labute approximate surface area is 94.1 Å². The normalized spacial score (nSPS) is 11.5. The van der Waals surface area contributed by atoms with Crippen LogP contribution in [0.25, 0.3) is 0 Å². The summed E-state index contributed by atoms with van der Waals surface area (Å²) < 4.78 is 0. The summed E-state index contributed by atoms with van der Waals surface area (Å²) in [6.45, 7) is 7.14. The van der Waals surface area contributed by atoms with Crippen LogP contribution in [-0.2, 0) is 0 Å². The van der Waals surface area contributed by atoms with Crippen LogP contribution in [0.3, 0.4) is 0 Å². The van der Waals surface area contributed by atoms with Gasteiger partial charge in [-0.1, -0.05) is 32.4 Å². The van der Waals surface area contributed by atoms with Crippen LogP contribution in [-0.4, -0.2) is 16.5 Å². The second-order valence-electron chi connectivity index (χ2n) is 4.27. The van der Waals surface area contributed by atoms with E-state index in [0.717, 1.165) is 13.0 Å². The van der Waals surface area contributed by atoms with Gasteiger partial charge < -0.3 is 10.3 Å². The average molecular weight is 230 g/mol. The van der Waals surface area contributed by atoms with Crippen LogP contribution in [0.2, 0.25) is 5.02 Å². The number of H-pyrrole nitrogens is 1. The molecule has 1 aromatic rings. The number of hydrogen-bond donors (Lipinski definition) is 2. The smallest absolute Gasteiger partial charge is 0.271 e. The average Bonchev–Trinajstić information content (AvgIpc) is 2.20. The molecule has 4 nitrogen and oxygen atoms in total. The number of hydrogen-bond acceptors (Lipinski definition) is 3. The molecule has 1 heterocycles. The lowest BCUT2D eigenvalue weighted by Gasteiger charge is -2.23. The van der Waals surface area contributed by atoms with Gasteiger partial charge in [-0.25, -0.2) is 4.98 Å². The third-order valence-corrected chi connectivity index (χ3v) is 2.84. The van der Waals surface area contributed by atoms with Gasteiger partial charge >= 0.3 is 0 Å². The first-order valence-electron chi connectivity index (χ1n) is 4.93. The van der Waals surface area contributed by atoms with E-state index in [2.05, 4.69) is 36.1 Å². The first-order valence-corrected chi connectivity index (χ1v) is 5.31. The standard InChI is InChI=1S/C10H16ClN3O/c1-4-10(2,3)5-12-8-7(11)9(15)14-6-13-8/h6H,4-5H2,1-3H3,(H2,12,13,14,15). The van der Waals surface area contributed by atoms with E-state index in [1.807, 2.05) is 0 Å². The maximum Gasteiger partial charge on any atom is 0.271 e. The van der Waals surface area contributed by atoms with Crippen LogP contribution < -0.4 is 10.9 Å². The van der Waals surface area contributed by atoms with Crippen molar-refractivity contribution in [1.82, 2.24) is 9.97 Å². The quantitative estimate of drug-likeness (QED) is 0.833. The minimum atomic E-state index is -0.316. The number of nitrogens with zero attached hydrogens (tertiary/aromatic N) is 1. The zero-order valence-electron chi connectivity index (χ0n) is 9.22. The largest absolute Gasteiger partial charge is 0.368 e. The predicted molar refractivity (Wildman–Crippen MR) is 62.4 cm³/mol. The van der Waals surface area contributed by atoms with Crippen molar-refractivity contribution in [3.8, 4) is 0 Å². The summed E-state index contributed by atoms with van der Waals surface area (Å²) in [5, 5.41) is 3.20. The lowest BCUT2D eigenvalue weighted by Crippen LogP contribution is -2.23. The maximum atomic E-state index is 11.2. The van der Waals surface area contributed by atoms with Crippen molar-refractivity contribution < 1.29 is 0 Å². The van der Waals surface area contributed by atoms with Gasteiger partial charge in [-0.2, -0.15) is 0 Å². The molecular formula is C10H16ClN3O. The molecule has 0 radical (unpaired) electrons. The number of aromatic amines is 1. The zero-order chi connectivity index (χ0) is 11.5. The second-order valence-corrected chi connectivity index (χ2v) is 4.64. The highest BCUT2D eigenvalue weighted by Gasteiger charge is 2.16. The Morgan fingerprint density at radius 2 is 2.27 bits per heavy atom. The SMILES string of the molecule is CCC(C)(C)CNc1nc[nH]c(=O)c1Cl. The van der Waals surface area contributed by atoms with E-state index in [9.17, 15) is 4.79 Å². The third kappa shape index (κ3) is 3.23. The molecule has 0 aliphatic heterocycles. The maximum absolute atomic E-state index is 11.2. The van der Waals surface area contributed by atoms with E-state index >= 15 is 0 Å². The van der Waals surface area contributed by atoms with Gasteiger partial charge in [0.25, 0.3) is 5.56 Å². The fourth-order valence-electron chi connectivity index (χ4n) is 0.954. The summed E-state index contributed by atoms with van der Waals surface area (Å²) in [7, 11) is 0. The number of anilines is 1. The van der Waals surface area contributed by atoms with Gasteiger partial charge in [-0.15, -0.1) is 0 Å². The van der Waals surface area contributed by atoms with E-state index < -0.39 is 0 Å². The number of rotatable bonds is 4. The third-order valence-electron chi connectivity index (χ3n) is 2.49. The second kappa shape index (κ2) is 4.66. The van der Waals surface area contributed by atoms with Crippen LogP contribution >= 0.6 is 11.6 Å². The molecule has 15 heavy (non-hydrogen) atoms. The molecule has 0 unspecified atom stereocenters. The van der Waals surface area contributed by atoms with Crippen molar-refractivity contribution in [2.45, 2.75) is 27.2 Å². The Kier molecular flexibility index (Phi) is 3.74. The minimum Gasteiger partial charge on any atom is -0.368 e. The van der Waals surface area contributed by atoms with Crippen molar-refractivity contribution >= 4 is 17.4 Å². The first kappa shape index (κ1) is 12.0. The molecule has 0 aliphatic carbocycles. The van der Waals surface area contributed by atoms with Crippen molar-refractivity contribution in [2.24, 2.45) is 5.41 Å². The molecule has 0 saturated carbocycles. The van der Waals surface area contributed by atoms with Crippen LogP contribution in [0.15, 0.2) is 11.1 Å². The van der Waals surface area contributed by atoms with Crippen LogP contribution in [0.4, 0.5) is 5.82 Å². The highest BCUT2D eigenvalue weighted by molar-refractivity contribution is 6.32. The molecule has 0 bridgehead atoms. The van der Waals surface area contributed by atoms with Crippen molar-refractivity contribution in [3.63, 3.8) is 0 Å². The summed E-state index contributed by atoms with van der Waals surface area (Å²) in [5.41, 5.74) is -0.156. The van der Waals surface area contributed by atoms with Crippen molar-refractivity contribution in [3.05, 3.63) is 21.7 Å². The fourth-order valence-corrected chi connectivity index (χ4v) is 1.12.